The van der Waals surface area contributed by atoms with Crippen molar-refractivity contribution in [3.8, 4) is 0 Å². The molecule has 2 aromatic rings. The molecular formula is C12H13BrN2. The summed E-state index contributed by atoms with van der Waals surface area (Å²) in [7, 11) is 0. The zero-order valence-electron chi connectivity index (χ0n) is 8.39. The number of H-pyrrole nitrogens is 1. The highest BCUT2D eigenvalue weighted by atomic mass is 79.9. The van der Waals surface area contributed by atoms with Crippen molar-refractivity contribution in [1.82, 2.24) is 10.3 Å². The number of aromatic amines is 1. The molecule has 1 fully saturated rings. The van der Waals surface area contributed by atoms with Gasteiger partial charge in [0.25, 0.3) is 0 Å². The lowest BCUT2D eigenvalue weighted by atomic mass is 10.1. The molecule has 0 radical (unpaired) electrons. The van der Waals surface area contributed by atoms with Gasteiger partial charge in [0, 0.05) is 28.1 Å². The molecule has 1 aromatic heterocycles. The minimum absolute atomic E-state index is 0.663. The van der Waals surface area contributed by atoms with Crippen LogP contribution in [-0.4, -0.2) is 18.1 Å². The predicted octanol–water partition coefficient (Wildman–Crippen LogP) is 3.01. The molecule has 15 heavy (non-hydrogen) atoms. The van der Waals surface area contributed by atoms with Gasteiger partial charge in [0.1, 0.15) is 0 Å². The van der Waals surface area contributed by atoms with Crippen LogP contribution in [0, 0.1) is 0 Å². The van der Waals surface area contributed by atoms with Crippen LogP contribution in [0.5, 0.6) is 0 Å². The van der Waals surface area contributed by atoms with E-state index in [9.17, 15) is 0 Å². The lowest BCUT2D eigenvalue weighted by Gasteiger charge is -2.03. The molecule has 2 heterocycles. The molecule has 1 aliphatic rings. The molecule has 0 saturated carbocycles. The van der Waals surface area contributed by atoms with E-state index >= 15 is 0 Å². The van der Waals surface area contributed by atoms with Crippen molar-refractivity contribution in [2.24, 2.45) is 0 Å². The van der Waals surface area contributed by atoms with Crippen molar-refractivity contribution in [2.45, 2.75) is 12.3 Å². The summed E-state index contributed by atoms with van der Waals surface area (Å²) in [6, 6.07) is 8.66. The number of benzene rings is 1. The monoisotopic (exact) mass is 264 g/mol. The van der Waals surface area contributed by atoms with Gasteiger partial charge >= 0.3 is 0 Å². The van der Waals surface area contributed by atoms with Crippen molar-refractivity contribution >= 4 is 26.8 Å². The quantitative estimate of drug-likeness (QED) is 0.815. The highest BCUT2D eigenvalue weighted by Crippen LogP contribution is 2.27. The van der Waals surface area contributed by atoms with Gasteiger partial charge < -0.3 is 10.3 Å². The fraction of sp³-hybridized carbons (Fsp3) is 0.333. The number of rotatable bonds is 1. The van der Waals surface area contributed by atoms with Crippen molar-refractivity contribution in [3.05, 3.63) is 34.4 Å². The van der Waals surface area contributed by atoms with E-state index in [1.54, 1.807) is 0 Å². The Bertz CT molecular complexity index is 483. The smallest absolute Gasteiger partial charge is 0.0467 e. The van der Waals surface area contributed by atoms with Gasteiger partial charge in [-0.2, -0.15) is 0 Å². The maximum absolute atomic E-state index is 3.51. The fourth-order valence-electron chi connectivity index (χ4n) is 2.26. The molecule has 0 spiro atoms. The first kappa shape index (κ1) is 9.43. The van der Waals surface area contributed by atoms with Crippen molar-refractivity contribution in [2.75, 3.05) is 13.1 Å². The second kappa shape index (κ2) is 3.65. The minimum Gasteiger partial charge on any atom is -0.358 e. The molecule has 2 nitrogen and oxygen atoms in total. The lowest BCUT2D eigenvalue weighted by Crippen LogP contribution is -2.07. The topological polar surface area (TPSA) is 27.8 Å². The van der Waals surface area contributed by atoms with Crippen molar-refractivity contribution in [3.63, 3.8) is 0 Å². The first-order chi connectivity index (χ1) is 7.33. The van der Waals surface area contributed by atoms with Gasteiger partial charge in [0.15, 0.2) is 0 Å². The van der Waals surface area contributed by atoms with Gasteiger partial charge in [-0.25, -0.2) is 0 Å². The van der Waals surface area contributed by atoms with E-state index in [-0.39, 0.29) is 0 Å². The number of fused-ring (bicyclic) bond motifs is 1. The van der Waals surface area contributed by atoms with Crippen molar-refractivity contribution < 1.29 is 0 Å². The van der Waals surface area contributed by atoms with Crippen LogP contribution in [0.25, 0.3) is 10.9 Å². The van der Waals surface area contributed by atoms with Crippen molar-refractivity contribution in [1.29, 1.82) is 0 Å². The zero-order chi connectivity index (χ0) is 10.3. The minimum atomic E-state index is 0.663. The summed E-state index contributed by atoms with van der Waals surface area (Å²) in [6.07, 6.45) is 1.24. The highest BCUT2D eigenvalue weighted by molar-refractivity contribution is 9.10. The largest absolute Gasteiger partial charge is 0.358 e. The van der Waals surface area contributed by atoms with E-state index in [4.69, 9.17) is 0 Å². The van der Waals surface area contributed by atoms with Crippen LogP contribution >= 0.6 is 15.9 Å². The third kappa shape index (κ3) is 1.70. The Hall–Kier alpha value is -0.800. The SMILES string of the molecule is Brc1ccc2cc([C@H]3CCNC3)[nH]c2c1. The molecule has 3 rings (SSSR count). The van der Waals surface area contributed by atoms with Crippen LogP contribution in [0.3, 0.4) is 0 Å². The summed E-state index contributed by atoms with van der Waals surface area (Å²) in [5, 5.41) is 4.70. The molecule has 1 atom stereocenters. The van der Waals surface area contributed by atoms with E-state index < -0.39 is 0 Å². The van der Waals surface area contributed by atoms with Gasteiger partial charge in [0.2, 0.25) is 0 Å². The summed E-state index contributed by atoms with van der Waals surface area (Å²) in [6.45, 7) is 2.25. The van der Waals surface area contributed by atoms with Crippen LogP contribution in [0.4, 0.5) is 0 Å². The maximum Gasteiger partial charge on any atom is 0.0467 e. The number of hydrogen-bond acceptors (Lipinski definition) is 1. The predicted molar refractivity (Wildman–Crippen MR) is 66.2 cm³/mol. The summed E-state index contributed by atoms with van der Waals surface area (Å²) < 4.78 is 1.13. The van der Waals surface area contributed by atoms with Gasteiger partial charge in [-0.1, -0.05) is 22.0 Å². The van der Waals surface area contributed by atoms with E-state index in [2.05, 4.69) is 50.5 Å². The average Bonchev–Trinajstić information content (AvgIpc) is 2.84. The number of aromatic nitrogens is 1. The Kier molecular flexibility index (Phi) is 2.29. The molecule has 1 aromatic carbocycles. The Balaban J connectivity index is 2.05. The molecule has 0 bridgehead atoms. The standard InChI is InChI=1S/C12H13BrN2/c13-10-2-1-8-5-11(15-12(8)6-10)9-3-4-14-7-9/h1-2,5-6,9,14-15H,3-4,7H2/t9-/m0/s1. The normalized spacial score (nSPS) is 21.3. The summed E-state index contributed by atoms with van der Waals surface area (Å²) in [4.78, 5) is 3.51. The second-order valence-electron chi connectivity index (χ2n) is 4.15. The van der Waals surface area contributed by atoms with E-state index in [1.807, 2.05) is 0 Å². The maximum atomic E-state index is 3.51. The molecule has 0 aliphatic carbocycles. The Morgan fingerprint density at radius 2 is 2.20 bits per heavy atom. The average molecular weight is 265 g/mol. The molecule has 3 heteroatoms. The Morgan fingerprint density at radius 3 is 3.00 bits per heavy atom. The molecule has 1 aliphatic heterocycles. The molecule has 0 unspecified atom stereocenters. The highest BCUT2D eigenvalue weighted by Gasteiger charge is 2.18. The van der Waals surface area contributed by atoms with Gasteiger partial charge in [-0.05, 0) is 36.6 Å². The first-order valence-corrected chi connectivity index (χ1v) is 6.11. The summed E-state index contributed by atoms with van der Waals surface area (Å²) in [5.74, 6) is 0.663. The van der Waals surface area contributed by atoms with Crippen LogP contribution in [0.2, 0.25) is 0 Å². The summed E-state index contributed by atoms with van der Waals surface area (Å²) >= 11 is 3.49. The number of nitrogens with one attached hydrogen (secondary N) is 2. The van der Waals surface area contributed by atoms with E-state index in [1.165, 1.54) is 23.0 Å². The fourth-order valence-corrected chi connectivity index (χ4v) is 2.62. The van der Waals surface area contributed by atoms with Crippen LogP contribution < -0.4 is 5.32 Å². The number of halogens is 1. The van der Waals surface area contributed by atoms with Crippen LogP contribution in [-0.2, 0) is 0 Å². The van der Waals surface area contributed by atoms with Gasteiger partial charge in [0.05, 0.1) is 0 Å². The third-order valence-electron chi connectivity index (χ3n) is 3.11. The van der Waals surface area contributed by atoms with Gasteiger partial charge in [-0.3, -0.25) is 0 Å². The second-order valence-corrected chi connectivity index (χ2v) is 5.06. The third-order valence-corrected chi connectivity index (χ3v) is 3.60. The molecule has 1 saturated heterocycles. The van der Waals surface area contributed by atoms with Gasteiger partial charge in [-0.15, -0.1) is 0 Å². The molecule has 78 valence electrons. The lowest BCUT2D eigenvalue weighted by molar-refractivity contribution is 0.743. The molecule has 0 amide bonds. The van der Waals surface area contributed by atoms with Crippen LogP contribution in [0.15, 0.2) is 28.7 Å². The van der Waals surface area contributed by atoms with E-state index in [0.717, 1.165) is 17.6 Å². The van der Waals surface area contributed by atoms with E-state index in [0.29, 0.717) is 5.92 Å². The Labute approximate surface area is 97.2 Å². The zero-order valence-corrected chi connectivity index (χ0v) is 9.97. The summed E-state index contributed by atoms with van der Waals surface area (Å²) in [5.41, 5.74) is 2.60. The first-order valence-electron chi connectivity index (χ1n) is 5.32. The van der Waals surface area contributed by atoms with Crippen LogP contribution in [0.1, 0.15) is 18.0 Å². The Morgan fingerprint density at radius 1 is 1.27 bits per heavy atom. The molecular weight excluding hydrogens is 252 g/mol. The number of hydrogen-bond donors (Lipinski definition) is 2. The molecule has 2 N–H and O–H groups in total.